The van der Waals surface area contributed by atoms with Crippen LogP contribution in [0.25, 0.3) is 16.8 Å². The second-order valence-electron chi connectivity index (χ2n) is 6.53. The van der Waals surface area contributed by atoms with E-state index in [1.54, 1.807) is 41.5 Å². The molecule has 0 aliphatic heterocycles. The highest BCUT2D eigenvalue weighted by molar-refractivity contribution is 6.07. The lowest BCUT2D eigenvalue weighted by Gasteiger charge is -2.11. The average molecular weight is 387 g/mol. The maximum Gasteiger partial charge on any atom is 0.231 e. The fourth-order valence-corrected chi connectivity index (χ4v) is 3.20. The number of nitrogens with zero attached hydrogens (tertiary/aromatic N) is 3. The SMILES string of the molecule is COc1cccc(F)c1-c1cccc(-n2cnc(C(=O)c3ncccc3C)c2)c1. The third-order valence-electron chi connectivity index (χ3n) is 4.67. The lowest BCUT2D eigenvalue weighted by molar-refractivity contribution is 0.102. The third kappa shape index (κ3) is 3.52. The summed E-state index contributed by atoms with van der Waals surface area (Å²) in [5.41, 5.74) is 3.26. The van der Waals surface area contributed by atoms with Crippen molar-refractivity contribution in [1.29, 1.82) is 0 Å². The number of carbonyl (C=O) groups excluding carboxylic acids is 1. The summed E-state index contributed by atoms with van der Waals surface area (Å²) in [5.74, 6) is -0.156. The number of carbonyl (C=O) groups is 1. The molecule has 29 heavy (non-hydrogen) atoms. The maximum atomic E-state index is 14.4. The molecule has 4 aromatic rings. The standard InChI is InChI=1S/C23H18FN3O2/c1-15-6-5-11-25-22(15)23(28)19-13-27(14-26-19)17-8-3-7-16(12-17)21-18(24)9-4-10-20(21)29-2/h3-14H,1-2H3. The molecule has 0 fully saturated rings. The molecule has 5 nitrogen and oxygen atoms in total. The maximum absolute atomic E-state index is 14.4. The fraction of sp³-hybridized carbons (Fsp3) is 0.0870. The van der Waals surface area contributed by atoms with Gasteiger partial charge in [-0.1, -0.05) is 24.3 Å². The Morgan fingerprint density at radius 2 is 1.90 bits per heavy atom. The minimum atomic E-state index is -0.367. The summed E-state index contributed by atoms with van der Waals surface area (Å²) in [6.07, 6.45) is 4.79. The number of ketones is 1. The van der Waals surface area contributed by atoms with Crippen molar-refractivity contribution in [3.8, 4) is 22.6 Å². The second kappa shape index (κ2) is 7.67. The van der Waals surface area contributed by atoms with Crippen LogP contribution in [0.15, 0.2) is 73.3 Å². The van der Waals surface area contributed by atoms with Crippen molar-refractivity contribution < 1.29 is 13.9 Å². The van der Waals surface area contributed by atoms with Crippen LogP contribution < -0.4 is 4.74 Å². The molecule has 2 aromatic heterocycles. The molecule has 0 saturated heterocycles. The zero-order chi connectivity index (χ0) is 20.4. The predicted octanol–water partition coefficient (Wildman–Crippen LogP) is 4.62. The number of hydrogen-bond acceptors (Lipinski definition) is 4. The number of rotatable bonds is 5. The van der Waals surface area contributed by atoms with E-state index in [4.69, 9.17) is 4.74 Å². The van der Waals surface area contributed by atoms with Gasteiger partial charge in [0.1, 0.15) is 29.3 Å². The van der Waals surface area contributed by atoms with Gasteiger partial charge in [-0.3, -0.25) is 9.78 Å². The van der Waals surface area contributed by atoms with E-state index >= 15 is 0 Å². The molecule has 0 saturated carbocycles. The zero-order valence-corrected chi connectivity index (χ0v) is 16.0. The molecule has 0 amide bonds. The summed E-state index contributed by atoms with van der Waals surface area (Å²) < 4.78 is 21.5. The first kappa shape index (κ1) is 18.6. The van der Waals surface area contributed by atoms with Gasteiger partial charge in [0.25, 0.3) is 0 Å². The lowest BCUT2D eigenvalue weighted by atomic mass is 10.0. The van der Waals surface area contributed by atoms with E-state index in [2.05, 4.69) is 9.97 Å². The van der Waals surface area contributed by atoms with Crippen LogP contribution in [0.4, 0.5) is 4.39 Å². The van der Waals surface area contributed by atoms with Crippen molar-refractivity contribution >= 4 is 5.78 Å². The Labute approximate surface area is 167 Å². The fourth-order valence-electron chi connectivity index (χ4n) is 3.20. The van der Waals surface area contributed by atoms with Gasteiger partial charge in [0.05, 0.1) is 12.7 Å². The number of imidazole rings is 1. The largest absolute Gasteiger partial charge is 0.496 e. The van der Waals surface area contributed by atoms with E-state index in [0.717, 1.165) is 11.3 Å². The number of methoxy groups -OCH3 is 1. The van der Waals surface area contributed by atoms with E-state index < -0.39 is 0 Å². The molecule has 0 spiro atoms. The lowest BCUT2D eigenvalue weighted by Crippen LogP contribution is -2.06. The number of ether oxygens (including phenoxy) is 1. The minimum Gasteiger partial charge on any atom is -0.496 e. The predicted molar refractivity (Wildman–Crippen MR) is 108 cm³/mol. The topological polar surface area (TPSA) is 57.0 Å². The average Bonchev–Trinajstić information content (AvgIpc) is 3.24. The second-order valence-corrected chi connectivity index (χ2v) is 6.53. The number of benzene rings is 2. The van der Waals surface area contributed by atoms with Gasteiger partial charge in [-0.05, 0) is 48.4 Å². The van der Waals surface area contributed by atoms with Crippen LogP contribution in [0.3, 0.4) is 0 Å². The van der Waals surface area contributed by atoms with Crippen molar-refractivity contribution in [2.75, 3.05) is 7.11 Å². The zero-order valence-electron chi connectivity index (χ0n) is 16.0. The normalized spacial score (nSPS) is 10.7. The van der Waals surface area contributed by atoms with Gasteiger partial charge >= 0.3 is 0 Å². The van der Waals surface area contributed by atoms with Crippen LogP contribution in [0.1, 0.15) is 21.7 Å². The van der Waals surface area contributed by atoms with Gasteiger partial charge in [0.2, 0.25) is 5.78 Å². The van der Waals surface area contributed by atoms with Gasteiger partial charge in [-0.15, -0.1) is 0 Å². The van der Waals surface area contributed by atoms with Gasteiger partial charge in [0.15, 0.2) is 0 Å². The summed E-state index contributed by atoms with van der Waals surface area (Å²) in [5, 5.41) is 0. The molecule has 144 valence electrons. The van der Waals surface area contributed by atoms with E-state index in [1.807, 2.05) is 37.3 Å². The molecule has 0 aliphatic rings. The first-order valence-corrected chi connectivity index (χ1v) is 9.02. The molecule has 0 N–H and O–H groups in total. The highest BCUT2D eigenvalue weighted by Crippen LogP contribution is 2.33. The van der Waals surface area contributed by atoms with E-state index in [1.165, 1.54) is 13.2 Å². The first-order chi connectivity index (χ1) is 14.1. The van der Waals surface area contributed by atoms with Gasteiger partial charge < -0.3 is 9.30 Å². The number of halogens is 1. The molecule has 0 atom stereocenters. The molecule has 0 aliphatic carbocycles. The molecule has 2 aromatic carbocycles. The Hall–Kier alpha value is -3.80. The summed E-state index contributed by atoms with van der Waals surface area (Å²) in [6, 6.07) is 15.7. The number of hydrogen-bond donors (Lipinski definition) is 0. The van der Waals surface area contributed by atoms with Crippen molar-refractivity contribution in [2.24, 2.45) is 0 Å². The molecule has 4 rings (SSSR count). The van der Waals surface area contributed by atoms with Gasteiger partial charge in [-0.25, -0.2) is 9.37 Å². The monoisotopic (exact) mass is 387 g/mol. The van der Waals surface area contributed by atoms with Crippen LogP contribution in [-0.2, 0) is 0 Å². The van der Waals surface area contributed by atoms with Gasteiger partial charge in [-0.2, -0.15) is 0 Å². The quantitative estimate of drug-likeness (QED) is 0.469. The number of aromatic nitrogens is 3. The van der Waals surface area contributed by atoms with E-state index in [-0.39, 0.29) is 11.6 Å². The molecule has 0 unspecified atom stereocenters. The molecular formula is C23H18FN3O2. The minimum absolute atomic E-state index is 0.242. The molecule has 0 radical (unpaired) electrons. The van der Waals surface area contributed by atoms with Crippen LogP contribution in [0.2, 0.25) is 0 Å². The highest BCUT2D eigenvalue weighted by atomic mass is 19.1. The number of aryl methyl sites for hydroxylation is 1. The van der Waals surface area contributed by atoms with Gasteiger partial charge in [0, 0.05) is 18.1 Å². The van der Waals surface area contributed by atoms with Crippen LogP contribution >= 0.6 is 0 Å². The van der Waals surface area contributed by atoms with Crippen LogP contribution in [0.5, 0.6) is 5.75 Å². The Bertz CT molecular complexity index is 1200. The molecular weight excluding hydrogens is 369 g/mol. The molecule has 6 heteroatoms. The summed E-state index contributed by atoms with van der Waals surface area (Å²) >= 11 is 0. The highest BCUT2D eigenvalue weighted by Gasteiger charge is 2.17. The van der Waals surface area contributed by atoms with Crippen LogP contribution in [-0.4, -0.2) is 27.4 Å². The van der Waals surface area contributed by atoms with Crippen molar-refractivity contribution in [1.82, 2.24) is 14.5 Å². The van der Waals surface area contributed by atoms with E-state index in [9.17, 15) is 9.18 Å². The van der Waals surface area contributed by atoms with Crippen molar-refractivity contribution in [2.45, 2.75) is 6.92 Å². The Morgan fingerprint density at radius 1 is 1.07 bits per heavy atom. The van der Waals surface area contributed by atoms with Crippen molar-refractivity contribution in [3.63, 3.8) is 0 Å². The third-order valence-corrected chi connectivity index (χ3v) is 4.67. The van der Waals surface area contributed by atoms with E-state index in [0.29, 0.717) is 28.3 Å². The summed E-state index contributed by atoms with van der Waals surface area (Å²) in [7, 11) is 1.51. The smallest absolute Gasteiger partial charge is 0.231 e. The summed E-state index contributed by atoms with van der Waals surface area (Å²) in [4.78, 5) is 21.1. The molecule has 2 heterocycles. The summed E-state index contributed by atoms with van der Waals surface area (Å²) in [6.45, 7) is 1.84. The van der Waals surface area contributed by atoms with Crippen molar-refractivity contribution in [3.05, 3.63) is 96.1 Å². The van der Waals surface area contributed by atoms with Crippen LogP contribution in [0, 0.1) is 12.7 Å². The molecule has 0 bridgehead atoms. The Balaban J connectivity index is 1.71. The Kier molecular flexibility index (Phi) is 4.91. The Morgan fingerprint density at radius 3 is 2.69 bits per heavy atom. The first-order valence-electron chi connectivity index (χ1n) is 9.02. The number of pyridine rings is 1.